The number of ether oxygens (including phenoxy) is 1. The molecule has 1 aromatic rings. The summed E-state index contributed by atoms with van der Waals surface area (Å²) in [6.45, 7) is 3.71. The van der Waals surface area contributed by atoms with E-state index in [0.29, 0.717) is 31.2 Å². The average molecular weight is 290 g/mol. The lowest BCUT2D eigenvalue weighted by atomic mass is 10.2. The van der Waals surface area contributed by atoms with Gasteiger partial charge in [-0.1, -0.05) is 6.92 Å². The van der Waals surface area contributed by atoms with Gasteiger partial charge >= 0.3 is 0 Å². The second-order valence-electron chi connectivity index (χ2n) is 4.21. The molecule has 1 fully saturated rings. The zero-order chi connectivity index (χ0) is 13.2. The average Bonchev–Trinajstić information content (AvgIpc) is 2.88. The van der Waals surface area contributed by atoms with Gasteiger partial charge in [-0.05, 0) is 12.5 Å². The number of nitrogens with two attached hydrogens (primary N) is 1. The van der Waals surface area contributed by atoms with Crippen LogP contribution in [-0.4, -0.2) is 38.5 Å². The van der Waals surface area contributed by atoms with Crippen molar-refractivity contribution in [3.05, 3.63) is 16.3 Å². The molecule has 0 bridgehead atoms. The molecule has 18 heavy (non-hydrogen) atoms. The third kappa shape index (κ3) is 2.60. The Morgan fingerprint density at radius 1 is 1.61 bits per heavy atom. The van der Waals surface area contributed by atoms with Gasteiger partial charge in [-0.25, -0.2) is 8.42 Å². The van der Waals surface area contributed by atoms with Gasteiger partial charge in [0.2, 0.25) is 10.0 Å². The zero-order valence-electron chi connectivity index (χ0n) is 10.3. The Hall–Kier alpha value is -0.470. The number of hydrogen-bond donors (Lipinski definition) is 1. The Morgan fingerprint density at radius 3 is 3.00 bits per heavy atom. The van der Waals surface area contributed by atoms with Gasteiger partial charge in [-0.3, -0.25) is 0 Å². The van der Waals surface area contributed by atoms with E-state index in [1.54, 1.807) is 15.8 Å². The van der Waals surface area contributed by atoms with Gasteiger partial charge in [0.25, 0.3) is 0 Å². The highest BCUT2D eigenvalue weighted by Crippen LogP contribution is 2.25. The molecule has 1 atom stereocenters. The van der Waals surface area contributed by atoms with E-state index in [-0.39, 0.29) is 6.04 Å². The van der Waals surface area contributed by atoms with Gasteiger partial charge in [0.15, 0.2) is 0 Å². The van der Waals surface area contributed by atoms with Crippen molar-refractivity contribution in [1.82, 2.24) is 4.31 Å². The summed E-state index contributed by atoms with van der Waals surface area (Å²) in [5.41, 5.74) is 5.52. The first-order valence-electron chi connectivity index (χ1n) is 5.96. The minimum absolute atomic E-state index is 0.0648. The van der Waals surface area contributed by atoms with Crippen LogP contribution in [0.25, 0.3) is 0 Å². The summed E-state index contributed by atoms with van der Waals surface area (Å²) in [5, 5.41) is 1.67. The lowest BCUT2D eigenvalue weighted by molar-refractivity contribution is 0.0314. The molecule has 7 heteroatoms. The van der Waals surface area contributed by atoms with E-state index in [2.05, 4.69) is 0 Å². The fourth-order valence-electron chi connectivity index (χ4n) is 2.02. The quantitative estimate of drug-likeness (QED) is 0.898. The van der Waals surface area contributed by atoms with Crippen molar-refractivity contribution in [2.45, 2.75) is 30.8 Å². The molecule has 2 rings (SSSR count). The maximum absolute atomic E-state index is 12.5. The Bertz CT molecular complexity index is 498. The van der Waals surface area contributed by atoms with Crippen molar-refractivity contribution in [3.63, 3.8) is 0 Å². The van der Waals surface area contributed by atoms with Crippen LogP contribution in [0, 0.1) is 0 Å². The Morgan fingerprint density at radius 2 is 2.39 bits per heavy atom. The van der Waals surface area contributed by atoms with Crippen LogP contribution in [0.5, 0.6) is 0 Å². The summed E-state index contributed by atoms with van der Waals surface area (Å²) in [7, 11) is -3.40. The first kappa shape index (κ1) is 14.0. The molecule has 1 aliphatic heterocycles. The van der Waals surface area contributed by atoms with Crippen LogP contribution in [0.1, 0.15) is 18.2 Å². The molecule has 0 aliphatic carbocycles. The molecule has 0 amide bonds. The molecule has 0 radical (unpaired) electrons. The lowest BCUT2D eigenvalue weighted by Gasteiger charge is -2.33. The molecule has 0 aromatic carbocycles. The van der Waals surface area contributed by atoms with E-state index in [4.69, 9.17) is 10.5 Å². The molecule has 5 nitrogen and oxygen atoms in total. The molecule has 102 valence electrons. The van der Waals surface area contributed by atoms with Crippen molar-refractivity contribution in [2.75, 3.05) is 19.8 Å². The molecule has 1 aliphatic rings. The maximum Gasteiger partial charge on any atom is 0.244 e. The molecule has 2 heterocycles. The van der Waals surface area contributed by atoms with Crippen LogP contribution < -0.4 is 5.73 Å². The number of hydrogen-bond acceptors (Lipinski definition) is 5. The largest absolute Gasteiger partial charge is 0.378 e. The smallest absolute Gasteiger partial charge is 0.244 e. The summed E-state index contributed by atoms with van der Waals surface area (Å²) in [4.78, 5) is 1.24. The van der Waals surface area contributed by atoms with Crippen LogP contribution in [-0.2, 0) is 21.3 Å². The van der Waals surface area contributed by atoms with Crippen molar-refractivity contribution in [2.24, 2.45) is 5.73 Å². The Kier molecular flexibility index (Phi) is 4.39. The van der Waals surface area contributed by atoms with Crippen molar-refractivity contribution in [1.29, 1.82) is 0 Å². The second-order valence-corrected chi connectivity index (χ2v) is 7.09. The first-order chi connectivity index (χ1) is 8.59. The van der Waals surface area contributed by atoms with Crippen LogP contribution >= 0.6 is 11.3 Å². The van der Waals surface area contributed by atoms with E-state index in [9.17, 15) is 8.42 Å². The number of thiophene rings is 1. The fourth-order valence-corrected chi connectivity index (χ4v) is 4.83. The van der Waals surface area contributed by atoms with Gasteiger partial charge in [-0.2, -0.15) is 4.31 Å². The molecule has 0 saturated carbocycles. The van der Waals surface area contributed by atoms with E-state index < -0.39 is 10.0 Å². The zero-order valence-corrected chi connectivity index (χ0v) is 12.0. The van der Waals surface area contributed by atoms with Gasteiger partial charge in [0.1, 0.15) is 0 Å². The van der Waals surface area contributed by atoms with E-state index in [0.717, 1.165) is 11.3 Å². The SMILES string of the molecule is CCC1COCCN1S(=O)(=O)c1csc(CN)c1. The highest BCUT2D eigenvalue weighted by molar-refractivity contribution is 7.89. The van der Waals surface area contributed by atoms with Crippen LogP contribution in [0.15, 0.2) is 16.3 Å². The Balaban J connectivity index is 2.28. The van der Waals surface area contributed by atoms with Crippen LogP contribution in [0.4, 0.5) is 0 Å². The molecule has 1 unspecified atom stereocenters. The minimum Gasteiger partial charge on any atom is -0.378 e. The third-order valence-corrected chi connectivity index (χ3v) is 6.12. The molecule has 1 aromatic heterocycles. The summed E-state index contributed by atoms with van der Waals surface area (Å²) in [6.07, 6.45) is 0.757. The predicted molar refractivity (Wildman–Crippen MR) is 71.0 cm³/mol. The highest BCUT2D eigenvalue weighted by atomic mass is 32.2. The van der Waals surface area contributed by atoms with Crippen LogP contribution in [0.2, 0.25) is 0 Å². The van der Waals surface area contributed by atoms with Gasteiger partial charge in [0.05, 0.1) is 18.1 Å². The third-order valence-electron chi connectivity index (χ3n) is 3.08. The lowest BCUT2D eigenvalue weighted by Crippen LogP contribution is -2.48. The maximum atomic E-state index is 12.5. The van der Waals surface area contributed by atoms with Crippen LogP contribution in [0.3, 0.4) is 0 Å². The van der Waals surface area contributed by atoms with Crippen molar-refractivity contribution in [3.8, 4) is 0 Å². The minimum atomic E-state index is -3.40. The van der Waals surface area contributed by atoms with Gasteiger partial charge < -0.3 is 10.5 Å². The van der Waals surface area contributed by atoms with E-state index >= 15 is 0 Å². The normalized spacial score (nSPS) is 22.2. The molecule has 0 spiro atoms. The monoisotopic (exact) mass is 290 g/mol. The molecule has 2 N–H and O–H groups in total. The van der Waals surface area contributed by atoms with Crippen molar-refractivity contribution >= 4 is 21.4 Å². The topological polar surface area (TPSA) is 72.6 Å². The summed E-state index contributed by atoms with van der Waals surface area (Å²) < 4.78 is 31.9. The highest BCUT2D eigenvalue weighted by Gasteiger charge is 2.33. The Labute approximate surface area is 112 Å². The second kappa shape index (κ2) is 5.66. The summed E-state index contributed by atoms with van der Waals surface area (Å²) in [5.74, 6) is 0. The summed E-state index contributed by atoms with van der Waals surface area (Å²) >= 11 is 1.39. The summed E-state index contributed by atoms with van der Waals surface area (Å²) in [6, 6.07) is 1.60. The number of morpholine rings is 1. The predicted octanol–water partition coefficient (Wildman–Crippen LogP) is 1.01. The van der Waals surface area contributed by atoms with Gasteiger partial charge in [-0.15, -0.1) is 11.3 Å². The molecule has 1 saturated heterocycles. The number of nitrogens with zero attached hydrogens (tertiary/aromatic N) is 1. The van der Waals surface area contributed by atoms with E-state index in [1.807, 2.05) is 6.92 Å². The van der Waals surface area contributed by atoms with E-state index in [1.165, 1.54) is 11.3 Å². The van der Waals surface area contributed by atoms with Gasteiger partial charge in [0, 0.05) is 29.4 Å². The van der Waals surface area contributed by atoms with Crippen molar-refractivity contribution < 1.29 is 13.2 Å². The molecular weight excluding hydrogens is 272 g/mol. The fraction of sp³-hybridized carbons (Fsp3) is 0.636. The standard InChI is InChI=1S/C11H18N2O3S2/c1-2-9-7-16-4-3-13(9)18(14,15)11-5-10(6-12)17-8-11/h5,8-9H,2-4,6-7,12H2,1H3. The first-order valence-corrected chi connectivity index (χ1v) is 8.28. The number of sulfonamides is 1. The number of rotatable bonds is 4. The molecular formula is C11H18N2O3S2.